The molecule has 1 atom stereocenters. The lowest BCUT2D eigenvalue weighted by Crippen LogP contribution is -2.17. The highest BCUT2D eigenvalue weighted by molar-refractivity contribution is 6.76. The Morgan fingerprint density at radius 1 is 1.11 bits per heavy atom. The Hall–Kier alpha value is -0.863. The van der Waals surface area contributed by atoms with Gasteiger partial charge in [0.15, 0.2) is 0 Å². The number of hydrogen-bond donors (Lipinski definition) is 1. The average Bonchev–Trinajstić information content (AvgIpc) is 2.32. The van der Waals surface area contributed by atoms with Gasteiger partial charge < -0.3 is 5.11 Å². The lowest BCUT2D eigenvalue weighted by atomic mass is 10.1. The molecule has 1 nitrogen and oxygen atoms in total. The first-order valence-electron chi connectivity index (χ1n) is 6.84. The maximum absolute atomic E-state index is 9.90. The molecule has 1 N–H and O–H groups in total. The molecule has 0 spiro atoms. The van der Waals surface area contributed by atoms with Crippen LogP contribution in [0.5, 0.6) is 0 Å². The van der Waals surface area contributed by atoms with Crippen molar-refractivity contribution in [2.75, 3.05) is 0 Å². The van der Waals surface area contributed by atoms with Crippen molar-refractivity contribution in [1.82, 2.24) is 0 Å². The first-order chi connectivity index (χ1) is 8.47. The lowest BCUT2D eigenvalue weighted by molar-refractivity contribution is 0.168. The van der Waals surface area contributed by atoms with Crippen LogP contribution in [-0.2, 0) is 6.42 Å². The van der Waals surface area contributed by atoms with Gasteiger partial charge >= 0.3 is 0 Å². The van der Waals surface area contributed by atoms with E-state index in [-0.39, 0.29) is 6.10 Å². The largest absolute Gasteiger partial charge is 0.393 e. The van der Waals surface area contributed by atoms with Gasteiger partial charge in [0.25, 0.3) is 0 Å². The predicted octanol–water partition coefficient (Wildman–Crippen LogP) is 4.26. The summed E-state index contributed by atoms with van der Waals surface area (Å²) in [7, 11) is -0.969. The van der Waals surface area contributed by atoms with Crippen LogP contribution in [0.25, 0.3) is 0 Å². The minimum Gasteiger partial charge on any atom is -0.393 e. The van der Waals surface area contributed by atoms with Crippen LogP contribution in [0.1, 0.15) is 18.4 Å². The van der Waals surface area contributed by atoms with Crippen molar-refractivity contribution in [3.8, 4) is 0 Å². The van der Waals surface area contributed by atoms with Crippen LogP contribution < -0.4 is 0 Å². The average molecular weight is 262 g/mol. The number of rotatable bonds is 7. The van der Waals surface area contributed by atoms with E-state index in [1.807, 2.05) is 6.07 Å². The summed E-state index contributed by atoms with van der Waals surface area (Å²) in [5.74, 6) is 0. The highest BCUT2D eigenvalue weighted by atomic mass is 28.3. The van der Waals surface area contributed by atoms with Crippen LogP contribution in [-0.4, -0.2) is 19.3 Å². The zero-order chi connectivity index (χ0) is 13.4. The third-order valence-electron chi connectivity index (χ3n) is 2.91. The van der Waals surface area contributed by atoms with Crippen LogP contribution >= 0.6 is 0 Å². The minimum absolute atomic E-state index is 0.205. The van der Waals surface area contributed by atoms with Gasteiger partial charge in [0.05, 0.1) is 6.10 Å². The van der Waals surface area contributed by atoms with Crippen molar-refractivity contribution in [1.29, 1.82) is 0 Å². The Kier molecular flexibility index (Phi) is 6.37. The standard InChI is InChI=1S/C16H26OSi/c1-18(2,3)14-8-7-11-16(17)13-12-15-9-5-4-6-10-15/h4-10,16-17H,11-14H2,1-3H3/b8-7+/t16-/m0/s1. The van der Waals surface area contributed by atoms with Gasteiger partial charge in [-0.15, -0.1) is 0 Å². The van der Waals surface area contributed by atoms with Crippen molar-refractivity contribution >= 4 is 8.07 Å². The Morgan fingerprint density at radius 2 is 1.78 bits per heavy atom. The molecule has 0 aromatic heterocycles. The smallest absolute Gasteiger partial charge is 0.0577 e. The van der Waals surface area contributed by atoms with E-state index < -0.39 is 8.07 Å². The molecule has 18 heavy (non-hydrogen) atoms. The Balaban J connectivity index is 2.20. The van der Waals surface area contributed by atoms with Gasteiger partial charge in [-0.25, -0.2) is 0 Å². The molecule has 0 bridgehead atoms. The molecule has 0 aliphatic rings. The zero-order valence-electron chi connectivity index (χ0n) is 11.9. The van der Waals surface area contributed by atoms with E-state index in [1.54, 1.807) is 0 Å². The van der Waals surface area contributed by atoms with Crippen LogP contribution in [0.2, 0.25) is 25.7 Å². The molecular weight excluding hydrogens is 236 g/mol. The minimum atomic E-state index is -0.969. The van der Waals surface area contributed by atoms with E-state index in [0.29, 0.717) is 0 Å². The van der Waals surface area contributed by atoms with Crippen LogP contribution in [0.4, 0.5) is 0 Å². The quantitative estimate of drug-likeness (QED) is 0.575. The molecule has 1 aromatic rings. The third-order valence-corrected chi connectivity index (χ3v) is 4.37. The maximum atomic E-state index is 9.90. The van der Waals surface area contributed by atoms with E-state index in [1.165, 1.54) is 11.6 Å². The van der Waals surface area contributed by atoms with E-state index in [9.17, 15) is 5.11 Å². The second-order valence-corrected chi connectivity index (χ2v) is 11.7. The lowest BCUT2D eigenvalue weighted by Gasteiger charge is -2.12. The van der Waals surface area contributed by atoms with Gasteiger partial charge in [0.2, 0.25) is 0 Å². The van der Waals surface area contributed by atoms with Gasteiger partial charge in [-0.2, -0.15) is 0 Å². The summed E-state index contributed by atoms with van der Waals surface area (Å²) in [5.41, 5.74) is 1.31. The second kappa shape index (κ2) is 7.55. The first-order valence-corrected chi connectivity index (χ1v) is 10.5. The van der Waals surface area contributed by atoms with Gasteiger partial charge in [-0.05, 0) is 30.9 Å². The maximum Gasteiger partial charge on any atom is 0.0577 e. The fraction of sp³-hybridized carbons (Fsp3) is 0.500. The molecule has 0 aliphatic carbocycles. The normalized spacial score (nSPS) is 14.0. The van der Waals surface area contributed by atoms with Crippen LogP contribution in [0, 0.1) is 0 Å². The fourth-order valence-electron chi connectivity index (χ4n) is 1.79. The SMILES string of the molecule is C[Si](C)(C)C/C=C/C[C@H](O)CCc1ccccc1. The molecule has 0 aliphatic heterocycles. The summed E-state index contributed by atoms with van der Waals surface area (Å²) in [4.78, 5) is 0. The number of allylic oxidation sites excluding steroid dienone is 1. The van der Waals surface area contributed by atoms with E-state index in [4.69, 9.17) is 0 Å². The summed E-state index contributed by atoms with van der Waals surface area (Å²) >= 11 is 0. The van der Waals surface area contributed by atoms with Gasteiger partial charge in [0.1, 0.15) is 0 Å². The molecular formula is C16H26OSi. The topological polar surface area (TPSA) is 20.2 Å². The monoisotopic (exact) mass is 262 g/mol. The molecule has 1 aromatic carbocycles. The number of aliphatic hydroxyl groups excluding tert-OH is 1. The van der Waals surface area contributed by atoms with Crippen molar-refractivity contribution in [3.63, 3.8) is 0 Å². The van der Waals surface area contributed by atoms with Crippen molar-refractivity contribution in [3.05, 3.63) is 48.0 Å². The Labute approximate surface area is 113 Å². The fourth-order valence-corrected chi connectivity index (χ4v) is 2.66. The number of aryl methyl sites for hydroxylation is 1. The van der Waals surface area contributed by atoms with Gasteiger partial charge in [-0.1, -0.05) is 62.1 Å². The number of benzene rings is 1. The third kappa shape index (κ3) is 7.46. The molecule has 100 valence electrons. The van der Waals surface area contributed by atoms with Gasteiger partial charge in [-0.3, -0.25) is 0 Å². The number of aliphatic hydroxyl groups is 1. The molecule has 0 fully saturated rings. The zero-order valence-corrected chi connectivity index (χ0v) is 12.9. The van der Waals surface area contributed by atoms with Crippen LogP contribution in [0.15, 0.2) is 42.5 Å². The summed E-state index contributed by atoms with van der Waals surface area (Å²) in [5, 5.41) is 9.90. The summed E-state index contributed by atoms with van der Waals surface area (Å²) in [6, 6.07) is 11.6. The summed E-state index contributed by atoms with van der Waals surface area (Å²) in [6.07, 6.45) is 6.79. The highest BCUT2D eigenvalue weighted by Gasteiger charge is 2.09. The molecule has 0 radical (unpaired) electrons. The number of hydrogen-bond acceptors (Lipinski definition) is 1. The molecule has 0 amide bonds. The highest BCUT2D eigenvalue weighted by Crippen LogP contribution is 2.11. The molecule has 0 saturated heterocycles. The van der Waals surface area contributed by atoms with Gasteiger partial charge in [0, 0.05) is 8.07 Å². The van der Waals surface area contributed by atoms with E-state index in [0.717, 1.165) is 19.3 Å². The van der Waals surface area contributed by atoms with E-state index >= 15 is 0 Å². The molecule has 2 heteroatoms. The molecule has 1 rings (SSSR count). The first kappa shape index (κ1) is 15.2. The van der Waals surface area contributed by atoms with Crippen LogP contribution in [0.3, 0.4) is 0 Å². The predicted molar refractivity (Wildman–Crippen MR) is 82.7 cm³/mol. The molecule has 0 saturated carbocycles. The second-order valence-electron chi connectivity index (χ2n) is 6.15. The Morgan fingerprint density at radius 3 is 2.39 bits per heavy atom. The molecule has 0 heterocycles. The van der Waals surface area contributed by atoms with Crippen molar-refractivity contribution in [2.45, 2.75) is 51.1 Å². The van der Waals surface area contributed by atoms with E-state index in [2.05, 4.69) is 56.1 Å². The Bertz CT molecular complexity index is 351. The van der Waals surface area contributed by atoms with Crippen molar-refractivity contribution < 1.29 is 5.11 Å². The van der Waals surface area contributed by atoms with Crippen molar-refractivity contribution in [2.24, 2.45) is 0 Å². The molecule has 0 unspecified atom stereocenters. The summed E-state index contributed by atoms with van der Waals surface area (Å²) < 4.78 is 0. The summed E-state index contributed by atoms with van der Waals surface area (Å²) in [6.45, 7) is 7.09.